The van der Waals surface area contributed by atoms with E-state index in [0.717, 1.165) is 0 Å². The van der Waals surface area contributed by atoms with Crippen LogP contribution in [0.1, 0.15) is 0 Å². The topological polar surface area (TPSA) is 177 Å². The lowest BCUT2D eigenvalue weighted by Crippen LogP contribution is -2.61. The average Bonchev–Trinajstić information content (AvgIpc) is 2.47. The van der Waals surface area contributed by atoms with Gasteiger partial charge in [-0.25, -0.2) is 0 Å². The lowest BCUT2D eigenvalue weighted by Gasteiger charge is -2.37. The summed E-state index contributed by atoms with van der Waals surface area (Å²) in [5.41, 5.74) is 8.02. The number of hydrogen-bond donors (Lipinski definition) is 5. The molecule has 1 rings (SSSR count). The van der Waals surface area contributed by atoms with Gasteiger partial charge in [-0.15, -0.1) is 0 Å². The zero-order valence-corrected chi connectivity index (χ0v) is 11.1. The highest BCUT2D eigenvalue weighted by Gasteiger charge is 2.45. The number of hydrogen-bond acceptors (Lipinski definition) is 8. The third-order valence-electron chi connectivity index (χ3n) is 2.79. The molecule has 21 heavy (non-hydrogen) atoms. The van der Waals surface area contributed by atoms with E-state index in [1.165, 1.54) is 0 Å². The number of amides is 1. The van der Waals surface area contributed by atoms with Crippen LogP contribution in [-0.2, 0) is 14.3 Å². The largest absolute Gasteiger partial charge is 0.387 e. The molecule has 1 heterocycles. The predicted molar refractivity (Wildman–Crippen MR) is 66.7 cm³/mol. The van der Waals surface area contributed by atoms with Crippen LogP contribution in [0.5, 0.6) is 0 Å². The molecule has 1 fully saturated rings. The molecular formula is C10H18N4O7. The number of aliphatic hydroxyl groups excluding tert-OH is 4. The van der Waals surface area contributed by atoms with Gasteiger partial charge in [0.05, 0.1) is 13.2 Å². The molecule has 5 atom stereocenters. The second kappa shape index (κ2) is 8.74. The van der Waals surface area contributed by atoms with Crippen molar-refractivity contribution in [3.8, 4) is 0 Å². The second-order valence-electron chi connectivity index (χ2n) is 4.28. The molecule has 1 amide bonds. The SMILES string of the molecule is [N-]=[N+]=NCCOCCNC(=O)[C@H]1OC(O)[C@@H](O)[C@@H](O)[C@@H]1O. The van der Waals surface area contributed by atoms with E-state index in [2.05, 4.69) is 15.3 Å². The quantitative estimate of drug-likeness (QED) is 0.146. The molecule has 0 aromatic carbocycles. The highest BCUT2D eigenvalue weighted by atomic mass is 16.6. The summed E-state index contributed by atoms with van der Waals surface area (Å²) in [6, 6.07) is 0. The van der Waals surface area contributed by atoms with Gasteiger partial charge >= 0.3 is 0 Å². The van der Waals surface area contributed by atoms with Crippen LogP contribution in [-0.4, -0.2) is 83.3 Å². The lowest BCUT2D eigenvalue weighted by molar-refractivity contribution is -0.275. The monoisotopic (exact) mass is 306 g/mol. The Bertz CT molecular complexity index is 390. The molecule has 0 bridgehead atoms. The van der Waals surface area contributed by atoms with Crippen molar-refractivity contribution in [3.05, 3.63) is 10.4 Å². The third-order valence-corrected chi connectivity index (χ3v) is 2.79. The van der Waals surface area contributed by atoms with Gasteiger partial charge in [0.25, 0.3) is 5.91 Å². The summed E-state index contributed by atoms with van der Waals surface area (Å²) >= 11 is 0. The van der Waals surface area contributed by atoms with Crippen molar-refractivity contribution in [2.75, 3.05) is 26.3 Å². The summed E-state index contributed by atoms with van der Waals surface area (Å²) in [5.74, 6) is -0.758. The van der Waals surface area contributed by atoms with Crippen LogP contribution in [0.4, 0.5) is 0 Å². The van der Waals surface area contributed by atoms with E-state index >= 15 is 0 Å². The van der Waals surface area contributed by atoms with Crippen molar-refractivity contribution < 1.29 is 34.7 Å². The number of aliphatic hydroxyl groups is 4. The van der Waals surface area contributed by atoms with Crippen molar-refractivity contribution >= 4 is 5.91 Å². The number of nitrogens with one attached hydrogen (secondary N) is 1. The van der Waals surface area contributed by atoms with Gasteiger partial charge < -0.3 is 35.2 Å². The van der Waals surface area contributed by atoms with Crippen LogP contribution >= 0.6 is 0 Å². The van der Waals surface area contributed by atoms with E-state index in [1.54, 1.807) is 0 Å². The minimum Gasteiger partial charge on any atom is -0.387 e. The van der Waals surface area contributed by atoms with E-state index in [9.17, 15) is 25.2 Å². The maximum absolute atomic E-state index is 11.7. The number of carbonyl (C=O) groups is 1. The van der Waals surface area contributed by atoms with Gasteiger partial charge in [0.1, 0.15) is 18.3 Å². The van der Waals surface area contributed by atoms with Crippen LogP contribution in [0.15, 0.2) is 5.11 Å². The molecule has 1 unspecified atom stereocenters. The average molecular weight is 306 g/mol. The van der Waals surface area contributed by atoms with E-state index in [0.29, 0.717) is 0 Å². The van der Waals surface area contributed by atoms with E-state index < -0.39 is 36.6 Å². The molecule has 0 aromatic heterocycles. The first kappa shape index (κ1) is 17.6. The molecule has 0 radical (unpaired) electrons. The standard InChI is InChI=1S/C10H18N4O7/c11-14-13-2-4-20-3-1-12-9(18)8-6(16)5(15)7(17)10(19)21-8/h5-8,10,15-17,19H,1-4H2,(H,12,18)/t5-,6-,7-,8-,10?/m0/s1. The Hall–Kier alpha value is -1.46. The van der Waals surface area contributed by atoms with Gasteiger partial charge in [-0.3, -0.25) is 4.79 Å². The molecule has 1 aliphatic heterocycles. The Morgan fingerprint density at radius 3 is 2.62 bits per heavy atom. The van der Waals surface area contributed by atoms with Crippen molar-refractivity contribution in [1.29, 1.82) is 0 Å². The Kier molecular flexibility index (Phi) is 7.32. The first-order valence-corrected chi connectivity index (χ1v) is 6.23. The summed E-state index contributed by atoms with van der Waals surface area (Å²) < 4.78 is 9.78. The van der Waals surface area contributed by atoms with Crippen molar-refractivity contribution in [3.63, 3.8) is 0 Å². The highest BCUT2D eigenvalue weighted by Crippen LogP contribution is 2.19. The normalized spacial score (nSPS) is 32.3. The fourth-order valence-corrected chi connectivity index (χ4v) is 1.68. The zero-order valence-electron chi connectivity index (χ0n) is 11.1. The minimum atomic E-state index is -1.76. The molecule has 11 heteroatoms. The number of ether oxygens (including phenoxy) is 2. The van der Waals surface area contributed by atoms with Crippen LogP contribution < -0.4 is 5.32 Å². The smallest absolute Gasteiger partial charge is 0.252 e. The van der Waals surface area contributed by atoms with E-state index in [4.69, 9.17) is 15.0 Å². The summed E-state index contributed by atoms with van der Waals surface area (Å²) in [6.45, 7) is 0.608. The first-order chi connectivity index (χ1) is 9.99. The summed E-state index contributed by atoms with van der Waals surface area (Å²) in [7, 11) is 0. The van der Waals surface area contributed by atoms with Crippen LogP contribution in [0.25, 0.3) is 10.4 Å². The lowest BCUT2D eigenvalue weighted by atomic mass is 9.98. The number of carbonyl (C=O) groups excluding carboxylic acids is 1. The van der Waals surface area contributed by atoms with Crippen LogP contribution in [0.2, 0.25) is 0 Å². The van der Waals surface area contributed by atoms with E-state index in [1.807, 2.05) is 0 Å². The van der Waals surface area contributed by atoms with Gasteiger partial charge in [0.15, 0.2) is 12.4 Å². The maximum Gasteiger partial charge on any atom is 0.252 e. The molecule has 1 saturated heterocycles. The van der Waals surface area contributed by atoms with Crippen molar-refractivity contribution in [1.82, 2.24) is 5.32 Å². The van der Waals surface area contributed by atoms with Gasteiger partial charge in [0, 0.05) is 18.0 Å². The Labute approximate surface area is 119 Å². The number of azide groups is 1. The fourth-order valence-electron chi connectivity index (χ4n) is 1.68. The summed E-state index contributed by atoms with van der Waals surface area (Å²) in [5, 5.41) is 43.2. The molecule has 120 valence electrons. The summed E-state index contributed by atoms with van der Waals surface area (Å²) in [6.07, 6.45) is -8.30. The highest BCUT2D eigenvalue weighted by molar-refractivity contribution is 5.81. The molecule has 0 aliphatic carbocycles. The van der Waals surface area contributed by atoms with Crippen molar-refractivity contribution in [2.24, 2.45) is 5.11 Å². The molecule has 0 aromatic rings. The third kappa shape index (κ3) is 5.10. The number of nitrogens with zero attached hydrogens (tertiary/aromatic N) is 3. The molecule has 5 N–H and O–H groups in total. The minimum absolute atomic E-state index is 0.0937. The Morgan fingerprint density at radius 2 is 1.95 bits per heavy atom. The molecule has 11 nitrogen and oxygen atoms in total. The molecule has 1 aliphatic rings. The molecule has 0 spiro atoms. The van der Waals surface area contributed by atoms with E-state index in [-0.39, 0.29) is 26.3 Å². The van der Waals surface area contributed by atoms with Gasteiger partial charge in [0.2, 0.25) is 0 Å². The van der Waals surface area contributed by atoms with Gasteiger partial charge in [-0.05, 0) is 5.53 Å². The zero-order chi connectivity index (χ0) is 15.8. The predicted octanol–water partition coefficient (Wildman–Crippen LogP) is -2.77. The first-order valence-electron chi connectivity index (χ1n) is 6.23. The Balaban J connectivity index is 2.29. The van der Waals surface area contributed by atoms with Crippen LogP contribution in [0, 0.1) is 0 Å². The Morgan fingerprint density at radius 1 is 1.24 bits per heavy atom. The van der Waals surface area contributed by atoms with Gasteiger partial charge in [-0.2, -0.15) is 0 Å². The maximum atomic E-state index is 11.7. The van der Waals surface area contributed by atoms with Crippen molar-refractivity contribution in [2.45, 2.75) is 30.7 Å². The number of rotatable bonds is 7. The van der Waals surface area contributed by atoms with Crippen LogP contribution in [0.3, 0.4) is 0 Å². The second-order valence-corrected chi connectivity index (χ2v) is 4.28. The summed E-state index contributed by atoms with van der Waals surface area (Å²) in [4.78, 5) is 14.3. The molecular weight excluding hydrogens is 288 g/mol. The fraction of sp³-hybridized carbons (Fsp3) is 0.900. The molecule has 0 saturated carbocycles. The van der Waals surface area contributed by atoms with Gasteiger partial charge in [-0.1, -0.05) is 5.11 Å².